The van der Waals surface area contributed by atoms with Gasteiger partial charge in [-0.3, -0.25) is 0 Å². The molecule has 6 heteroatoms. The quantitative estimate of drug-likeness (QED) is 0.574. The summed E-state index contributed by atoms with van der Waals surface area (Å²) in [6.45, 7) is 6.57. The van der Waals surface area contributed by atoms with Gasteiger partial charge in [-0.1, -0.05) is 45.0 Å². The smallest absolute Gasteiger partial charge is 0.219 e. The van der Waals surface area contributed by atoms with Crippen LogP contribution in [-0.4, -0.2) is 21.1 Å². The molecule has 0 spiro atoms. The Morgan fingerprint density at radius 3 is 2.57 bits per heavy atom. The number of nitrogens with zero attached hydrogens (tertiary/aromatic N) is 3. The summed E-state index contributed by atoms with van der Waals surface area (Å²) in [4.78, 5) is 0. The Labute approximate surface area is 139 Å². The molecule has 2 heterocycles. The molecule has 0 saturated carbocycles. The first-order valence-corrected chi connectivity index (χ1v) is 7.72. The summed E-state index contributed by atoms with van der Waals surface area (Å²) in [5.41, 5.74) is 2.41. The zero-order chi connectivity index (χ0) is 16.4. The van der Waals surface area contributed by atoms with Crippen LogP contribution < -0.4 is 0 Å². The third-order valence-corrected chi connectivity index (χ3v) is 3.76. The standard InChI is InChI=1S/C17H18N4OS/c1-17(2,3)13-8-6-12(7-9-13)11-18-21-15(19-20-16(21)23)14-5-4-10-22-14/h4-11H,1-3H3,(H,20,23)/b18-11+. The Bertz CT molecular complexity index is 865. The van der Waals surface area contributed by atoms with Crippen molar-refractivity contribution in [1.82, 2.24) is 14.9 Å². The second-order valence-corrected chi connectivity index (χ2v) is 6.64. The average Bonchev–Trinajstić information content (AvgIpc) is 3.14. The predicted octanol–water partition coefficient (Wildman–Crippen LogP) is 4.38. The topological polar surface area (TPSA) is 59.1 Å². The molecule has 0 amide bonds. The van der Waals surface area contributed by atoms with Gasteiger partial charge in [-0.2, -0.15) is 9.78 Å². The maximum atomic E-state index is 5.36. The molecule has 1 N–H and O–H groups in total. The molecule has 0 aliphatic heterocycles. The Morgan fingerprint density at radius 1 is 1.22 bits per heavy atom. The van der Waals surface area contributed by atoms with Crippen LogP contribution in [0.5, 0.6) is 0 Å². The van der Waals surface area contributed by atoms with Crippen LogP contribution in [0.3, 0.4) is 0 Å². The number of hydrogen-bond acceptors (Lipinski definition) is 4. The van der Waals surface area contributed by atoms with E-state index in [0.29, 0.717) is 16.4 Å². The van der Waals surface area contributed by atoms with Crippen LogP contribution in [0, 0.1) is 4.77 Å². The van der Waals surface area contributed by atoms with Gasteiger partial charge in [0.2, 0.25) is 10.6 Å². The predicted molar refractivity (Wildman–Crippen MR) is 93.2 cm³/mol. The van der Waals surface area contributed by atoms with Crippen LogP contribution in [-0.2, 0) is 5.41 Å². The normalized spacial score (nSPS) is 12.1. The molecule has 2 aromatic heterocycles. The number of furan rings is 1. The van der Waals surface area contributed by atoms with Crippen molar-refractivity contribution in [2.24, 2.45) is 5.10 Å². The molecule has 0 aliphatic carbocycles. The number of rotatable bonds is 3. The zero-order valence-electron chi connectivity index (χ0n) is 13.3. The monoisotopic (exact) mass is 326 g/mol. The molecule has 0 saturated heterocycles. The van der Waals surface area contributed by atoms with Crippen molar-refractivity contribution in [3.05, 3.63) is 58.6 Å². The van der Waals surface area contributed by atoms with Crippen LogP contribution in [0.15, 0.2) is 52.2 Å². The molecule has 0 atom stereocenters. The number of aromatic nitrogens is 3. The Kier molecular flexibility index (Phi) is 4.00. The summed E-state index contributed by atoms with van der Waals surface area (Å²) in [5, 5.41) is 11.3. The SMILES string of the molecule is CC(C)(C)c1ccc(/C=N/n2c(-c3ccco3)n[nH]c2=S)cc1. The Balaban J connectivity index is 1.89. The number of H-pyrrole nitrogens is 1. The van der Waals surface area contributed by atoms with Gasteiger partial charge in [0.05, 0.1) is 12.5 Å². The Morgan fingerprint density at radius 2 is 1.96 bits per heavy atom. The number of hydrogen-bond donors (Lipinski definition) is 1. The van der Waals surface area contributed by atoms with E-state index in [2.05, 4.69) is 48.2 Å². The third-order valence-electron chi connectivity index (χ3n) is 3.49. The highest BCUT2D eigenvalue weighted by molar-refractivity contribution is 7.71. The lowest BCUT2D eigenvalue weighted by Crippen LogP contribution is -2.10. The van der Waals surface area contributed by atoms with Gasteiger partial charge in [0.15, 0.2) is 5.76 Å². The molecule has 3 rings (SSSR count). The van der Waals surface area contributed by atoms with E-state index in [0.717, 1.165) is 5.56 Å². The number of nitrogens with one attached hydrogen (secondary N) is 1. The summed E-state index contributed by atoms with van der Waals surface area (Å²) in [6, 6.07) is 11.9. The molecule has 5 nitrogen and oxygen atoms in total. The molecule has 0 aliphatic rings. The van der Waals surface area contributed by atoms with E-state index < -0.39 is 0 Å². The molecule has 118 valence electrons. The van der Waals surface area contributed by atoms with Gasteiger partial charge in [-0.25, -0.2) is 5.10 Å². The first-order valence-electron chi connectivity index (χ1n) is 7.31. The summed E-state index contributed by atoms with van der Waals surface area (Å²) in [6.07, 6.45) is 3.34. The van der Waals surface area contributed by atoms with Crippen molar-refractivity contribution in [3.63, 3.8) is 0 Å². The van der Waals surface area contributed by atoms with E-state index in [9.17, 15) is 0 Å². The van der Waals surface area contributed by atoms with E-state index >= 15 is 0 Å². The Hall–Kier alpha value is -2.47. The van der Waals surface area contributed by atoms with Gasteiger partial charge in [-0.05, 0) is 40.9 Å². The van der Waals surface area contributed by atoms with Crippen molar-refractivity contribution in [1.29, 1.82) is 0 Å². The van der Waals surface area contributed by atoms with Gasteiger partial charge in [0, 0.05) is 0 Å². The van der Waals surface area contributed by atoms with Crippen molar-refractivity contribution in [2.45, 2.75) is 26.2 Å². The molecular weight excluding hydrogens is 308 g/mol. The van der Waals surface area contributed by atoms with Crippen molar-refractivity contribution < 1.29 is 4.42 Å². The lowest BCUT2D eigenvalue weighted by Gasteiger charge is -2.18. The van der Waals surface area contributed by atoms with Crippen LogP contribution in [0.25, 0.3) is 11.6 Å². The first-order chi connectivity index (χ1) is 10.9. The molecule has 0 fully saturated rings. The summed E-state index contributed by atoms with van der Waals surface area (Å²) < 4.78 is 7.32. The van der Waals surface area contributed by atoms with E-state index in [4.69, 9.17) is 16.6 Å². The highest BCUT2D eigenvalue weighted by atomic mass is 32.1. The van der Waals surface area contributed by atoms with Crippen LogP contribution in [0.1, 0.15) is 31.9 Å². The molecule has 23 heavy (non-hydrogen) atoms. The highest BCUT2D eigenvalue weighted by Crippen LogP contribution is 2.22. The summed E-state index contributed by atoms with van der Waals surface area (Å²) in [7, 11) is 0. The lowest BCUT2D eigenvalue weighted by molar-refractivity contribution is 0.573. The van der Waals surface area contributed by atoms with Crippen LogP contribution in [0.2, 0.25) is 0 Å². The van der Waals surface area contributed by atoms with Gasteiger partial charge in [0.25, 0.3) is 0 Å². The second-order valence-electron chi connectivity index (χ2n) is 6.26. The highest BCUT2D eigenvalue weighted by Gasteiger charge is 2.13. The van der Waals surface area contributed by atoms with Crippen LogP contribution in [0.4, 0.5) is 0 Å². The summed E-state index contributed by atoms with van der Waals surface area (Å²) in [5.74, 6) is 1.15. The van der Waals surface area contributed by atoms with E-state index in [1.54, 1.807) is 23.2 Å². The average molecular weight is 326 g/mol. The number of benzene rings is 1. The fourth-order valence-electron chi connectivity index (χ4n) is 2.16. The van der Waals surface area contributed by atoms with Gasteiger partial charge in [0.1, 0.15) is 0 Å². The third kappa shape index (κ3) is 3.32. The van der Waals surface area contributed by atoms with Crippen molar-refractivity contribution >= 4 is 18.4 Å². The minimum atomic E-state index is 0.134. The minimum absolute atomic E-state index is 0.134. The van der Waals surface area contributed by atoms with Crippen LogP contribution >= 0.6 is 12.2 Å². The zero-order valence-corrected chi connectivity index (χ0v) is 14.1. The van der Waals surface area contributed by atoms with Gasteiger partial charge in [-0.15, -0.1) is 5.10 Å². The van der Waals surface area contributed by atoms with E-state index in [-0.39, 0.29) is 5.41 Å². The van der Waals surface area contributed by atoms with Crippen molar-refractivity contribution in [2.75, 3.05) is 0 Å². The lowest BCUT2D eigenvalue weighted by atomic mass is 9.87. The van der Waals surface area contributed by atoms with E-state index in [1.165, 1.54) is 5.56 Å². The summed E-state index contributed by atoms with van der Waals surface area (Å²) >= 11 is 5.22. The fraction of sp³-hybridized carbons (Fsp3) is 0.235. The molecule has 0 unspecified atom stereocenters. The van der Waals surface area contributed by atoms with Gasteiger partial charge < -0.3 is 4.42 Å². The molecule has 0 radical (unpaired) electrons. The first kappa shape index (κ1) is 15.4. The van der Waals surface area contributed by atoms with E-state index in [1.807, 2.05) is 18.2 Å². The minimum Gasteiger partial charge on any atom is -0.461 e. The molecule has 0 bridgehead atoms. The maximum absolute atomic E-state index is 5.36. The number of aromatic amines is 1. The largest absolute Gasteiger partial charge is 0.461 e. The molecule has 1 aromatic carbocycles. The van der Waals surface area contributed by atoms with Crippen molar-refractivity contribution in [3.8, 4) is 11.6 Å². The second kappa shape index (κ2) is 5.96. The fourth-order valence-corrected chi connectivity index (χ4v) is 2.34. The molecule has 3 aromatic rings. The maximum Gasteiger partial charge on any atom is 0.219 e. The van der Waals surface area contributed by atoms with Gasteiger partial charge >= 0.3 is 0 Å². The molecular formula is C17H18N4OS.